The number of hydrogen-bond donors (Lipinski definition) is 3. The molecule has 4 N–H and O–H groups in total. The maximum absolute atomic E-state index is 13.0. The fourth-order valence-electron chi connectivity index (χ4n) is 2.78. The summed E-state index contributed by atoms with van der Waals surface area (Å²) in [7, 11) is 0. The van der Waals surface area contributed by atoms with Gasteiger partial charge in [0.05, 0.1) is 11.1 Å². The van der Waals surface area contributed by atoms with Crippen molar-refractivity contribution in [3.05, 3.63) is 41.1 Å². The predicted molar refractivity (Wildman–Crippen MR) is 107 cm³/mol. The Hall–Kier alpha value is -3.00. The Balaban J connectivity index is 2.21. The van der Waals surface area contributed by atoms with E-state index in [4.69, 9.17) is 10.8 Å². The molecule has 0 aromatic carbocycles. The first-order valence-electron chi connectivity index (χ1n) is 8.79. The molecule has 0 atom stereocenters. The number of nitrogens with zero attached hydrogens (tertiary/aromatic N) is 4. The Labute approximate surface area is 157 Å². The van der Waals surface area contributed by atoms with E-state index >= 15 is 0 Å². The zero-order valence-electron chi connectivity index (χ0n) is 15.7. The monoisotopic (exact) mass is 368 g/mol. The highest BCUT2D eigenvalue weighted by atomic mass is 16.3. The smallest absolute Gasteiger partial charge is 0.262 e. The zero-order chi connectivity index (χ0) is 19.6. The molecule has 0 spiro atoms. The van der Waals surface area contributed by atoms with Gasteiger partial charge in [0.2, 0.25) is 5.95 Å². The van der Waals surface area contributed by atoms with Crippen LogP contribution in [-0.2, 0) is 6.54 Å². The van der Waals surface area contributed by atoms with Gasteiger partial charge in [0.1, 0.15) is 5.82 Å². The van der Waals surface area contributed by atoms with E-state index in [1.807, 2.05) is 32.9 Å². The first-order valence-corrected chi connectivity index (χ1v) is 8.79. The number of aliphatic hydroxyl groups excluding tert-OH is 1. The third-order valence-corrected chi connectivity index (χ3v) is 3.98. The summed E-state index contributed by atoms with van der Waals surface area (Å²) in [5.74, 6) is 0.703. The lowest BCUT2D eigenvalue weighted by Crippen LogP contribution is -2.29. The highest BCUT2D eigenvalue weighted by molar-refractivity contribution is 5.94. The van der Waals surface area contributed by atoms with E-state index in [2.05, 4.69) is 20.3 Å². The molecule has 0 aliphatic carbocycles. The number of anilines is 2. The van der Waals surface area contributed by atoms with E-state index in [1.165, 1.54) is 0 Å². The van der Waals surface area contributed by atoms with Crippen LogP contribution < -0.4 is 16.6 Å². The number of nitrogens with two attached hydrogens (primary N) is 1. The van der Waals surface area contributed by atoms with Crippen molar-refractivity contribution in [2.24, 2.45) is 0 Å². The Morgan fingerprint density at radius 3 is 2.59 bits per heavy atom. The molecule has 8 nitrogen and oxygen atoms in total. The molecule has 27 heavy (non-hydrogen) atoms. The summed E-state index contributed by atoms with van der Waals surface area (Å²) in [6.45, 7) is 6.51. The summed E-state index contributed by atoms with van der Waals surface area (Å²) >= 11 is 0. The summed E-state index contributed by atoms with van der Waals surface area (Å²) in [5.41, 5.74) is 6.52. The fraction of sp³-hybridized carbons (Fsp3) is 0.368. The second kappa shape index (κ2) is 7.32. The molecule has 0 saturated heterocycles. The molecule has 0 aliphatic rings. The van der Waals surface area contributed by atoms with E-state index in [-0.39, 0.29) is 23.7 Å². The van der Waals surface area contributed by atoms with Crippen molar-refractivity contribution in [3.63, 3.8) is 0 Å². The van der Waals surface area contributed by atoms with Crippen LogP contribution in [0.5, 0.6) is 0 Å². The molecule has 3 rings (SSSR count). The zero-order valence-corrected chi connectivity index (χ0v) is 15.7. The van der Waals surface area contributed by atoms with Crippen molar-refractivity contribution in [2.45, 2.75) is 39.3 Å². The number of aliphatic hydroxyl groups is 1. The molecule has 8 heteroatoms. The highest BCUT2D eigenvalue weighted by Gasteiger charge is 2.18. The number of aryl methyl sites for hydroxylation is 1. The van der Waals surface area contributed by atoms with Gasteiger partial charge in [-0.2, -0.15) is 0 Å². The second-order valence-corrected chi connectivity index (χ2v) is 7.42. The van der Waals surface area contributed by atoms with E-state index in [1.54, 1.807) is 23.2 Å². The fourth-order valence-corrected chi connectivity index (χ4v) is 2.78. The van der Waals surface area contributed by atoms with Crippen LogP contribution in [0.15, 0.2) is 35.5 Å². The molecule has 3 heterocycles. The number of aromatic nitrogens is 4. The Morgan fingerprint density at radius 1 is 1.26 bits per heavy atom. The van der Waals surface area contributed by atoms with Crippen LogP contribution in [0.2, 0.25) is 0 Å². The molecule has 0 aliphatic heterocycles. The van der Waals surface area contributed by atoms with Crippen molar-refractivity contribution in [3.8, 4) is 11.3 Å². The van der Waals surface area contributed by atoms with Gasteiger partial charge in [0, 0.05) is 42.8 Å². The minimum absolute atomic E-state index is 0.0336. The van der Waals surface area contributed by atoms with Gasteiger partial charge in [-0.15, -0.1) is 0 Å². The first-order chi connectivity index (χ1) is 12.8. The van der Waals surface area contributed by atoms with Crippen LogP contribution in [0.25, 0.3) is 22.0 Å². The summed E-state index contributed by atoms with van der Waals surface area (Å²) in [6, 6.07) is 3.72. The van der Waals surface area contributed by atoms with E-state index in [0.717, 1.165) is 5.39 Å². The van der Waals surface area contributed by atoms with Gasteiger partial charge in [0.25, 0.3) is 5.56 Å². The van der Waals surface area contributed by atoms with E-state index in [0.29, 0.717) is 35.4 Å². The molecule has 0 amide bonds. The quantitative estimate of drug-likeness (QED) is 0.630. The summed E-state index contributed by atoms with van der Waals surface area (Å²) < 4.78 is 1.60. The lowest BCUT2D eigenvalue weighted by molar-refractivity contribution is 0.279. The maximum atomic E-state index is 13.0. The van der Waals surface area contributed by atoms with Crippen molar-refractivity contribution < 1.29 is 5.11 Å². The average Bonchev–Trinajstić information content (AvgIpc) is 2.60. The third kappa shape index (κ3) is 4.22. The lowest BCUT2D eigenvalue weighted by Gasteiger charge is -2.23. The van der Waals surface area contributed by atoms with Crippen molar-refractivity contribution >= 4 is 22.5 Å². The SMILES string of the molecule is CC(C)(C)Nc1nc(-c2cnc(N)nc2)cc2ccn(CCCO)c(=O)c12. The van der Waals surface area contributed by atoms with Gasteiger partial charge in [-0.25, -0.2) is 15.0 Å². The van der Waals surface area contributed by atoms with Crippen LogP contribution in [0, 0.1) is 0 Å². The highest BCUT2D eigenvalue weighted by Crippen LogP contribution is 2.27. The largest absolute Gasteiger partial charge is 0.396 e. The Bertz CT molecular complexity index is 1010. The molecular formula is C19H24N6O2. The number of fused-ring (bicyclic) bond motifs is 1. The normalized spacial score (nSPS) is 11.7. The Morgan fingerprint density at radius 2 is 1.96 bits per heavy atom. The number of pyridine rings is 2. The van der Waals surface area contributed by atoms with Gasteiger partial charge in [-0.05, 0) is 44.7 Å². The van der Waals surface area contributed by atoms with Crippen molar-refractivity contribution in [1.82, 2.24) is 19.5 Å². The maximum Gasteiger partial charge on any atom is 0.262 e. The lowest BCUT2D eigenvalue weighted by atomic mass is 10.1. The van der Waals surface area contributed by atoms with Crippen LogP contribution in [0.4, 0.5) is 11.8 Å². The molecule has 0 radical (unpaired) electrons. The topological polar surface area (TPSA) is 119 Å². The molecule has 0 fully saturated rings. The average molecular weight is 368 g/mol. The molecule has 3 aromatic rings. The molecule has 0 unspecified atom stereocenters. The van der Waals surface area contributed by atoms with E-state index < -0.39 is 0 Å². The van der Waals surface area contributed by atoms with E-state index in [9.17, 15) is 4.79 Å². The summed E-state index contributed by atoms with van der Waals surface area (Å²) in [5, 5.41) is 13.7. The number of rotatable bonds is 5. The Kier molecular flexibility index (Phi) is 5.09. The predicted octanol–water partition coefficient (Wildman–Crippen LogP) is 2.03. The molecule has 3 aromatic heterocycles. The number of nitrogen functional groups attached to an aromatic ring is 1. The van der Waals surface area contributed by atoms with Crippen LogP contribution in [0.3, 0.4) is 0 Å². The van der Waals surface area contributed by atoms with Crippen molar-refractivity contribution in [2.75, 3.05) is 17.7 Å². The van der Waals surface area contributed by atoms with Gasteiger partial charge >= 0.3 is 0 Å². The summed E-state index contributed by atoms with van der Waals surface area (Å²) in [6.07, 6.45) is 5.48. The first kappa shape index (κ1) is 18.8. The molecular weight excluding hydrogens is 344 g/mol. The van der Waals surface area contributed by atoms with Gasteiger partial charge in [-0.1, -0.05) is 0 Å². The minimum Gasteiger partial charge on any atom is -0.396 e. The second-order valence-electron chi connectivity index (χ2n) is 7.42. The van der Waals surface area contributed by atoms with Crippen LogP contribution >= 0.6 is 0 Å². The number of hydrogen-bond acceptors (Lipinski definition) is 7. The van der Waals surface area contributed by atoms with Crippen molar-refractivity contribution in [1.29, 1.82) is 0 Å². The van der Waals surface area contributed by atoms with Crippen LogP contribution in [-0.4, -0.2) is 36.8 Å². The molecule has 142 valence electrons. The van der Waals surface area contributed by atoms with Crippen LogP contribution in [0.1, 0.15) is 27.2 Å². The van der Waals surface area contributed by atoms with Gasteiger partial charge in [0.15, 0.2) is 0 Å². The summed E-state index contributed by atoms with van der Waals surface area (Å²) in [4.78, 5) is 25.7. The standard InChI is InChI=1S/C19H24N6O2/c1-19(2,3)24-16-15-12(5-7-25(17(15)27)6-4-8-26)9-14(23-16)13-10-21-18(20)22-11-13/h5,7,9-11,26H,4,6,8H2,1-3H3,(H,23,24)(H2,20,21,22). The molecule has 0 saturated carbocycles. The van der Waals surface area contributed by atoms with Gasteiger partial charge in [-0.3, -0.25) is 4.79 Å². The molecule has 0 bridgehead atoms. The van der Waals surface area contributed by atoms with Gasteiger partial charge < -0.3 is 20.7 Å². The number of nitrogens with one attached hydrogen (secondary N) is 1. The third-order valence-electron chi connectivity index (χ3n) is 3.98. The minimum atomic E-state index is -0.283.